The molecular weight excluding hydrogens is 497 g/mol. The van der Waals surface area contributed by atoms with Gasteiger partial charge in [0, 0.05) is 32.7 Å². The first-order valence-electron chi connectivity index (χ1n) is 12.2. The number of morpholine rings is 1. The summed E-state index contributed by atoms with van der Waals surface area (Å²) >= 11 is 0. The van der Waals surface area contributed by atoms with Crippen LogP contribution >= 0.6 is 0 Å². The lowest BCUT2D eigenvalue weighted by molar-refractivity contribution is -0.133. The van der Waals surface area contributed by atoms with E-state index < -0.39 is 10.0 Å². The van der Waals surface area contributed by atoms with Crippen LogP contribution in [-0.2, 0) is 32.6 Å². The van der Waals surface area contributed by atoms with Crippen LogP contribution in [0.3, 0.4) is 0 Å². The van der Waals surface area contributed by atoms with Crippen LogP contribution in [0.2, 0.25) is 0 Å². The van der Waals surface area contributed by atoms with Gasteiger partial charge in [-0.1, -0.05) is 29.8 Å². The molecule has 0 aliphatic carbocycles. The van der Waals surface area contributed by atoms with Crippen molar-refractivity contribution in [2.75, 3.05) is 45.9 Å². The average molecular weight is 530 g/mol. The molecule has 2 aromatic carbocycles. The summed E-state index contributed by atoms with van der Waals surface area (Å²) in [5.41, 5.74) is 1.67. The topological polar surface area (TPSA) is 83.3 Å². The van der Waals surface area contributed by atoms with Gasteiger partial charge in [0.1, 0.15) is 11.6 Å². The first kappa shape index (κ1) is 27.0. The van der Waals surface area contributed by atoms with Gasteiger partial charge in [-0.25, -0.2) is 12.8 Å². The van der Waals surface area contributed by atoms with E-state index in [1.165, 1.54) is 27.6 Å². The molecule has 1 saturated heterocycles. The van der Waals surface area contributed by atoms with Crippen molar-refractivity contribution in [1.82, 2.24) is 14.1 Å². The number of nitrogens with zero attached hydrogens (tertiary/aromatic N) is 3. The van der Waals surface area contributed by atoms with E-state index in [0.29, 0.717) is 38.6 Å². The van der Waals surface area contributed by atoms with Crippen LogP contribution in [0.25, 0.3) is 0 Å². The third-order valence-corrected chi connectivity index (χ3v) is 8.17. The lowest BCUT2D eigenvalue weighted by atomic mass is 10.2. The third kappa shape index (κ3) is 7.48. The number of carbonyl (C=O) groups excluding carboxylic acids is 1. The molecule has 0 bridgehead atoms. The maximum Gasteiger partial charge on any atom is 0.243 e. The van der Waals surface area contributed by atoms with Crippen molar-refractivity contribution < 1.29 is 26.8 Å². The van der Waals surface area contributed by atoms with Gasteiger partial charge in [0.15, 0.2) is 0 Å². The molecule has 3 aromatic rings. The average Bonchev–Trinajstić information content (AvgIpc) is 3.41. The maximum absolute atomic E-state index is 13.6. The van der Waals surface area contributed by atoms with Crippen LogP contribution in [0.5, 0.6) is 0 Å². The second kappa shape index (κ2) is 12.5. The summed E-state index contributed by atoms with van der Waals surface area (Å²) in [4.78, 5) is 17.4. The standard InChI is InChI=1S/C27H32FN3O5S/c1-22-4-10-26(11-5-22)37(33,34)31(13-12-29-14-17-35-18-15-29)21-27(32)30(20-25-3-2-16-36-25)19-23-6-8-24(28)9-7-23/h2-11,16H,12-15,17-21H2,1H3. The summed E-state index contributed by atoms with van der Waals surface area (Å²) in [5.74, 6) is -0.179. The number of sulfonamides is 1. The summed E-state index contributed by atoms with van der Waals surface area (Å²) in [6.07, 6.45) is 1.52. The molecule has 10 heteroatoms. The molecule has 2 heterocycles. The third-order valence-electron chi connectivity index (χ3n) is 6.31. The smallest absolute Gasteiger partial charge is 0.243 e. The van der Waals surface area contributed by atoms with Crippen molar-refractivity contribution in [3.63, 3.8) is 0 Å². The molecule has 4 rings (SSSR count). The highest BCUT2D eigenvalue weighted by Crippen LogP contribution is 2.19. The van der Waals surface area contributed by atoms with E-state index in [0.717, 1.165) is 11.1 Å². The first-order valence-corrected chi connectivity index (χ1v) is 13.7. The summed E-state index contributed by atoms with van der Waals surface area (Å²) < 4.78 is 52.8. The Morgan fingerprint density at radius 2 is 1.70 bits per heavy atom. The van der Waals surface area contributed by atoms with Crippen molar-refractivity contribution in [1.29, 1.82) is 0 Å². The minimum absolute atomic E-state index is 0.143. The number of halogens is 1. The van der Waals surface area contributed by atoms with E-state index in [1.807, 2.05) is 6.92 Å². The summed E-state index contributed by atoms with van der Waals surface area (Å²) in [6.45, 7) is 5.15. The van der Waals surface area contributed by atoms with Crippen molar-refractivity contribution in [2.24, 2.45) is 0 Å². The Labute approximate surface area is 217 Å². The number of hydrogen-bond acceptors (Lipinski definition) is 6. The van der Waals surface area contributed by atoms with Gasteiger partial charge in [-0.05, 0) is 48.9 Å². The zero-order valence-corrected chi connectivity index (χ0v) is 21.7. The lowest BCUT2D eigenvalue weighted by Crippen LogP contribution is -2.47. The fraction of sp³-hybridized carbons (Fsp3) is 0.370. The fourth-order valence-electron chi connectivity index (χ4n) is 4.11. The Morgan fingerprint density at radius 1 is 1.00 bits per heavy atom. The number of rotatable bonds is 11. The highest BCUT2D eigenvalue weighted by Gasteiger charge is 2.29. The van der Waals surface area contributed by atoms with Crippen LogP contribution in [0.15, 0.2) is 76.2 Å². The molecule has 1 amide bonds. The minimum atomic E-state index is -3.93. The van der Waals surface area contributed by atoms with Gasteiger partial charge >= 0.3 is 0 Å². The van der Waals surface area contributed by atoms with Crippen LogP contribution in [0.4, 0.5) is 4.39 Å². The number of benzene rings is 2. The fourth-order valence-corrected chi connectivity index (χ4v) is 5.49. The molecule has 37 heavy (non-hydrogen) atoms. The van der Waals surface area contributed by atoms with Crippen molar-refractivity contribution in [3.8, 4) is 0 Å². The highest BCUT2D eigenvalue weighted by atomic mass is 32.2. The number of aryl methyl sites for hydroxylation is 1. The molecule has 8 nitrogen and oxygen atoms in total. The summed E-state index contributed by atoms with van der Waals surface area (Å²) in [7, 11) is -3.93. The van der Waals surface area contributed by atoms with Gasteiger partial charge in [-0.3, -0.25) is 9.69 Å². The largest absolute Gasteiger partial charge is 0.467 e. The number of hydrogen-bond donors (Lipinski definition) is 0. The molecule has 1 aliphatic heterocycles. The van der Waals surface area contributed by atoms with Crippen LogP contribution in [-0.4, -0.2) is 74.4 Å². The van der Waals surface area contributed by atoms with E-state index in [2.05, 4.69) is 4.90 Å². The maximum atomic E-state index is 13.6. The van der Waals surface area contributed by atoms with Crippen LogP contribution < -0.4 is 0 Å². The molecule has 0 unspecified atom stereocenters. The van der Waals surface area contributed by atoms with Gasteiger partial charge in [-0.15, -0.1) is 0 Å². The number of carbonyl (C=O) groups is 1. The second-order valence-electron chi connectivity index (χ2n) is 9.06. The number of ether oxygens (including phenoxy) is 1. The van der Waals surface area contributed by atoms with Gasteiger partial charge in [0.05, 0.1) is 37.5 Å². The minimum Gasteiger partial charge on any atom is -0.467 e. The highest BCUT2D eigenvalue weighted by molar-refractivity contribution is 7.89. The van der Waals surface area contributed by atoms with Gasteiger partial charge in [0.25, 0.3) is 0 Å². The first-order chi connectivity index (χ1) is 17.8. The molecule has 198 valence electrons. The lowest BCUT2D eigenvalue weighted by Gasteiger charge is -2.31. The Hall–Kier alpha value is -3.05. The van der Waals surface area contributed by atoms with Gasteiger partial charge in [-0.2, -0.15) is 4.31 Å². The Balaban J connectivity index is 1.56. The predicted molar refractivity (Wildman–Crippen MR) is 137 cm³/mol. The number of furan rings is 1. The molecular formula is C27H32FN3O5S. The normalized spacial score (nSPS) is 14.7. The van der Waals surface area contributed by atoms with Crippen molar-refractivity contribution in [3.05, 3.63) is 89.6 Å². The van der Waals surface area contributed by atoms with E-state index >= 15 is 0 Å². The molecule has 0 N–H and O–H groups in total. The van der Waals surface area contributed by atoms with Crippen LogP contribution in [0, 0.1) is 12.7 Å². The van der Waals surface area contributed by atoms with Crippen LogP contribution in [0.1, 0.15) is 16.9 Å². The predicted octanol–water partition coefficient (Wildman–Crippen LogP) is 3.28. The van der Waals surface area contributed by atoms with Gasteiger partial charge < -0.3 is 14.1 Å². The zero-order chi connectivity index (χ0) is 26.3. The Kier molecular flexibility index (Phi) is 9.09. The van der Waals surface area contributed by atoms with E-state index in [-0.39, 0.29) is 42.8 Å². The Bertz CT molecular complexity index is 1240. The summed E-state index contributed by atoms with van der Waals surface area (Å²) in [6, 6.07) is 16.0. The summed E-state index contributed by atoms with van der Waals surface area (Å²) in [5, 5.41) is 0. The molecule has 0 atom stereocenters. The quantitative estimate of drug-likeness (QED) is 0.379. The monoisotopic (exact) mass is 529 g/mol. The molecule has 0 radical (unpaired) electrons. The zero-order valence-electron chi connectivity index (χ0n) is 20.9. The molecule has 0 saturated carbocycles. The van der Waals surface area contributed by atoms with Crippen molar-refractivity contribution >= 4 is 15.9 Å². The second-order valence-corrected chi connectivity index (χ2v) is 11.0. The molecule has 1 aliphatic rings. The Morgan fingerprint density at radius 3 is 2.35 bits per heavy atom. The molecule has 0 spiro atoms. The SMILES string of the molecule is Cc1ccc(S(=O)(=O)N(CCN2CCOCC2)CC(=O)N(Cc2ccc(F)cc2)Cc2ccco2)cc1. The van der Waals surface area contributed by atoms with E-state index in [4.69, 9.17) is 9.15 Å². The molecule has 1 fully saturated rings. The number of amides is 1. The van der Waals surface area contributed by atoms with Crippen molar-refractivity contribution in [2.45, 2.75) is 24.9 Å². The van der Waals surface area contributed by atoms with E-state index in [1.54, 1.807) is 48.5 Å². The molecule has 1 aromatic heterocycles. The van der Waals surface area contributed by atoms with Gasteiger partial charge in [0.2, 0.25) is 15.9 Å². The van der Waals surface area contributed by atoms with E-state index in [9.17, 15) is 17.6 Å².